The van der Waals surface area contributed by atoms with E-state index in [9.17, 15) is 19.8 Å². The van der Waals surface area contributed by atoms with E-state index in [2.05, 4.69) is 12.2 Å². The molecule has 8 nitrogen and oxygen atoms in total. The van der Waals surface area contributed by atoms with Gasteiger partial charge in [0.15, 0.2) is 11.5 Å². The Labute approximate surface area is 227 Å². The number of benzene rings is 1. The summed E-state index contributed by atoms with van der Waals surface area (Å²) in [6.07, 6.45) is 8.90. The molecule has 0 spiro atoms. The summed E-state index contributed by atoms with van der Waals surface area (Å²) in [6.45, 7) is 4.12. The highest BCUT2D eigenvalue weighted by atomic mass is 16.6. The minimum atomic E-state index is -0.745. The van der Waals surface area contributed by atoms with Crippen molar-refractivity contribution >= 4 is 11.9 Å². The standard InChI is InChI=1S/C30H47NO7/c1-4-5-7-12-24(37-21(2)32)18-27(38-29(35)23-10-8-6-9-11-23)30(15-16-31-28(34)20-30)19-22-13-14-25(33)26(17-22)36-3/h13-14,17,23-24,27-28,31,33-34H,4-12,15-16,18-20H2,1-3H3. The van der Waals surface area contributed by atoms with E-state index < -0.39 is 17.7 Å². The first-order valence-corrected chi connectivity index (χ1v) is 14.4. The molecule has 4 unspecified atom stereocenters. The van der Waals surface area contributed by atoms with Gasteiger partial charge in [0.2, 0.25) is 0 Å². The molecule has 1 aromatic carbocycles. The third-order valence-corrected chi connectivity index (χ3v) is 8.22. The minimum Gasteiger partial charge on any atom is -0.504 e. The zero-order valence-corrected chi connectivity index (χ0v) is 23.4. The molecule has 2 aliphatic rings. The number of carbonyl (C=O) groups excluding carboxylic acids is 2. The van der Waals surface area contributed by atoms with E-state index in [1.807, 2.05) is 6.07 Å². The molecular formula is C30H47NO7. The van der Waals surface area contributed by atoms with Gasteiger partial charge in [0.25, 0.3) is 0 Å². The second-order valence-corrected chi connectivity index (χ2v) is 11.2. The zero-order valence-electron chi connectivity index (χ0n) is 23.4. The van der Waals surface area contributed by atoms with E-state index >= 15 is 0 Å². The predicted molar refractivity (Wildman–Crippen MR) is 145 cm³/mol. The summed E-state index contributed by atoms with van der Waals surface area (Å²) in [5, 5.41) is 24.0. The number of carbonyl (C=O) groups is 2. The maximum atomic E-state index is 13.5. The number of hydrogen-bond donors (Lipinski definition) is 3. The predicted octanol–water partition coefficient (Wildman–Crippen LogP) is 5.03. The lowest BCUT2D eigenvalue weighted by Gasteiger charge is -2.46. The van der Waals surface area contributed by atoms with Gasteiger partial charge < -0.3 is 24.4 Å². The number of methoxy groups -OCH3 is 1. The van der Waals surface area contributed by atoms with Crippen LogP contribution in [0.25, 0.3) is 0 Å². The van der Waals surface area contributed by atoms with Crippen molar-refractivity contribution in [1.29, 1.82) is 0 Å². The summed E-state index contributed by atoms with van der Waals surface area (Å²) in [5.74, 6) is -0.204. The van der Waals surface area contributed by atoms with Crippen LogP contribution in [0, 0.1) is 11.3 Å². The molecule has 214 valence electrons. The normalized spacial score (nSPS) is 23.8. The van der Waals surface area contributed by atoms with Gasteiger partial charge in [0.05, 0.1) is 13.0 Å². The van der Waals surface area contributed by atoms with Gasteiger partial charge >= 0.3 is 11.9 Å². The Morgan fingerprint density at radius 1 is 1.16 bits per heavy atom. The SMILES string of the molecule is CCCCCC(CC(OC(=O)C1CCCCC1)C1(Cc2ccc(O)c(OC)c2)CCNC(O)C1)OC(C)=O. The van der Waals surface area contributed by atoms with Crippen molar-refractivity contribution in [3.05, 3.63) is 23.8 Å². The van der Waals surface area contributed by atoms with Crippen molar-refractivity contribution in [1.82, 2.24) is 5.32 Å². The van der Waals surface area contributed by atoms with Crippen LogP contribution in [0.3, 0.4) is 0 Å². The van der Waals surface area contributed by atoms with E-state index in [1.165, 1.54) is 14.0 Å². The largest absolute Gasteiger partial charge is 0.504 e. The number of piperidine rings is 1. The number of aliphatic hydroxyl groups is 1. The summed E-state index contributed by atoms with van der Waals surface area (Å²) in [6, 6.07) is 5.25. The van der Waals surface area contributed by atoms with Gasteiger partial charge in [-0.05, 0) is 69.2 Å². The Kier molecular flexibility index (Phi) is 11.7. The molecule has 0 aromatic heterocycles. The molecule has 8 heteroatoms. The highest BCUT2D eigenvalue weighted by Gasteiger charge is 2.46. The molecule has 0 amide bonds. The molecule has 0 bridgehead atoms. The molecule has 0 radical (unpaired) electrons. The Hall–Kier alpha value is -2.32. The number of aliphatic hydroxyl groups excluding tert-OH is 1. The van der Waals surface area contributed by atoms with Gasteiger partial charge in [-0.1, -0.05) is 45.1 Å². The Bertz CT molecular complexity index is 901. The maximum absolute atomic E-state index is 13.5. The molecule has 1 aliphatic heterocycles. The van der Waals surface area contributed by atoms with Crippen LogP contribution in [-0.2, 0) is 25.5 Å². The first-order valence-electron chi connectivity index (χ1n) is 14.4. The summed E-state index contributed by atoms with van der Waals surface area (Å²) in [7, 11) is 1.51. The first-order chi connectivity index (χ1) is 18.3. The molecule has 2 fully saturated rings. The molecule has 1 aromatic rings. The highest BCUT2D eigenvalue weighted by Crippen LogP contribution is 2.44. The molecule has 1 saturated carbocycles. The first kappa shape index (κ1) is 30.2. The van der Waals surface area contributed by atoms with Crippen molar-refractivity contribution in [2.75, 3.05) is 13.7 Å². The van der Waals surface area contributed by atoms with Gasteiger partial charge in [-0.15, -0.1) is 0 Å². The summed E-state index contributed by atoms with van der Waals surface area (Å²) < 4.78 is 17.5. The van der Waals surface area contributed by atoms with Gasteiger partial charge in [-0.25, -0.2) is 0 Å². The topological polar surface area (TPSA) is 114 Å². The average Bonchev–Trinajstić information content (AvgIpc) is 2.89. The number of aromatic hydroxyl groups is 1. The van der Waals surface area contributed by atoms with Crippen molar-refractivity contribution in [3.63, 3.8) is 0 Å². The number of nitrogens with one attached hydrogen (secondary N) is 1. The number of hydrogen-bond acceptors (Lipinski definition) is 8. The van der Waals surface area contributed by atoms with Gasteiger partial charge in [0.1, 0.15) is 18.4 Å². The molecule has 1 aliphatic carbocycles. The average molecular weight is 534 g/mol. The van der Waals surface area contributed by atoms with E-state index in [1.54, 1.807) is 12.1 Å². The third kappa shape index (κ3) is 8.60. The quantitative estimate of drug-likeness (QED) is 0.239. The second-order valence-electron chi connectivity index (χ2n) is 11.2. The zero-order chi connectivity index (χ0) is 27.5. The van der Waals surface area contributed by atoms with Gasteiger partial charge in [-0.2, -0.15) is 0 Å². The number of esters is 2. The molecule has 3 N–H and O–H groups in total. The second kappa shape index (κ2) is 14.7. The van der Waals surface area contributed by atoms with Crippen LogP contribution < -0.4 is 10.1 Å². The fourth-order valence-electron chi connectivity index (χ4n) is 6.17. The van der Waals surface area contributed by atoms with Crippen LogP contribution >= 0.6 is 0 Å². The number of phenols is 1. The van der Waals surface area contributed by atoms with E-state index in [4.69, 9.17) is 14.2 Å². The Morgan fingerprint density at radius 3 is 2.58 bits per heavy atom. The lowest BCUT2D eigenvalue weighted by atomic mass is 9.68. The lowest BCUT2D eigenvalue weighted by Crippen LogP contribution is -2.53. The Morgan fingerprint density at radius 2 is 1.92 bits per heavy atom. The van der Waals surface area contributed by atoms with Gasteiger partial charge in [0, 0.05) is 18.8 Å². The van der Waals surface area contributed by atoms with Crippen molar-refractivity contribution in [2.45, 2.75) is 116 Å². The molecule has 1 saturated heterocycles. The fourth-order valence-corrected chi connectivity index (χ4v) is 6.17. The molecular weight excluding hydrogens is 486 g/mol. The van der Waals surface area contributed by atoms with Crippen LogP contribution in [0.5, 0.6) is 11.5 Å². The van der Waals surface area contributed by atoms with Crippen molar-refractivity contribution in [3.8, 4) is 11.5 Å². The van der Waals surface area contributed by atoms with Crippen molar-refractivity contribution in [2.24, 2.45) is 11.3 Å². The monoisotopic (exact) mass is 533 g/mol. The van der Waals surface area contributed by atoms with Gasteiger partial charge in [-0.3, -0.25) is 14.9 Å². The molecule has 1 heterocycles. The van der Waals surface area contributed by atoms with E-state index in [-0.39, 0.29) is 29.7 Å². The van der Waals surface area contributed by atoms with E-state index in [0.29, 0.717) is 44.4 Å². The third-order valence-electron chi connectivity index (χ3n) is 8.22. The van der Waals surface area contributed by atoms with Crippen LogP contribution in [0.4, 0.5) is 0 Å². The van der Waals surface area contributed by atoms with Crippen LogP contribution in [0.15, 0.2) is 18.2 Å². The number of unbranched alkanes of at least 4 members (excludes halogenated alkanes) is 2. The lowest BCUT2D eigenvalue weighted by molar-refractivity contribution is -0.172. The summed E-state index contributed by atoms with van der Waals surface area (Å²) >= 11 is 0. The Balaban J connectivity index is 1.95. The van der Waals surface area contributed by atoms with Crippen LogP contribution in [0.2, 0.25) is 0 Å². The summed E-state index contributed by atoms with van der Waals surface area (Å²) in [5.41, 5.74) is 0.336. The smallest absolute Gasteiger partial charge is 0.309 e. The highest BCUT2D eigenvalue weighted by molar-refractivity contribution is 5.72. The summed E-state index contributed by atoms with van der Waals surface area (Å²) in [4.78, 5) is 25.5. The number of phenolic OH excluding ortho intramolecular Hbond substituents is 1. The molecule has 38 heavy (non-hydrogen) atoms. The van der Waals surface area contributed by atoms with Crippen LogP contribution in [0.1, 0.15) is 96.5 Å². The minimum absolute atomic E-state index is 0.0572. The molecule has 4 atom stereocenters. The fraction of sp³-hybridized carbons (Fsp3) is 0.733. The number of rotatable bonds is 13. The van der Waals surface area contributed by atoms with Crippen molar-refractivity contribution < 1.29 is 34.0 Å². The number of ether oxygens (including phenoxy) is 3. The van der Waals surface area contributed by atoms with E-state index in [0.717, 1.165) is 56.9 Å². The molecule has 3 rings (SSSR count). The van der Waals surface area contributed by atoms with Crippen LogP contribution in [-0.4, -0.2) is 54.2 Å². The maximum Gasteiger partial charge on any atom is 0.309 e.